The van der Waals surface area contributed by atoms with Gasteiger partial charge in [0.2, 0.25) is 0 Å². The Morgan fingerprint density at radius 1 is 1.22 bits per heavy atom. The highest BCUT2D eigenvalue weighted by Crippen LogP contribution is 2.52. The minimum absolute atomic E-state index is 0.0195. The van der Waals surface area contributed by atoms with Crippen LogP contribution in [0.15, 0.2) is 17.4 Å². The van der Waals surface area contributed by atoms with Gasteiger partial charge in [-0.25, -0.2) is 5.23 Å². The molecule has 4 bridgehead atoms. The van der Waals surface area contributed by atoms with Crippen LogP contribution in [0.2, 0.25) is 0 Å². The predicted molar refractivity (Wildman–Crippen MR) is 90.2 cm³/mol. The SMILES string of the molecule is O=NNCCC(=O)C1C2C=CC(C2)C1C(=O)OC1C2CC3C1O[NH+]([O-])C3C2. The van der Waals surface area contributed by atoms with Crippen LogP contribution < -0.4 is 10.7 Å². The van der Waals surface area contributed by atoms with Crippen LogP contribution in [0.25, 0.3) is 0 Å². The summed E-state index contributed by atoms with van der Waals surface area (Å²) >= 11 is 0. The maximum Gasteiger partial charge on any atom is 0.310 e. The molecule has 1 heterocycles. The van der Waals surface area contributed by atoms with E-state index in [1.807, 2.05) is 12.2 Å². The van der Waals surface area contributed by atoms with E-state index in [0.717, 1.165) is 19.3 Å². The highest BCUT2D eigenvalue weighted by Gasteiger charge is 2.64. The van der Waals surface area contributed by atoms with Crippen molar-refractivity contribution in [2.75, 3.05) is 6.54 Å². The van der Waals surface area contributed by atoms with E-state index in [1.165, 1.54) is 0 Å². The summed E-state index contributed by atoms with van der Waals surface area (Å²) in [5, 5.41) is 14.3. The molecule has 5 rings (SSSR count). The van der Waals surface area contributed by atoms with Crippen molar-refractivity contribution < 1.29 is 24.4 Å². The summed E-state index contributed by atoms with van der Waals surface area (Å²) in [7, 11) is 0. The predicted octanol–water partition coefficient (Wildman–Crippen LogP) is -0.328. The molecule has 3 saturated carbocycles. The number of rotatable bonds is 7. The van der Waals surface area contributed by atoms with Crippen LogP contribution in [0.4, 0.5) is 0 Å². The van der Waals surface area contributed by atoms with Crippen LogP contribution in [-0.4, -0.2) is 36.5 Å². The Hall–Kier alpha value is -1.84. The van der Waals surface area contributed by atoms with Gasteiger partial charge >= 0.3 is 5.97 Å². The van der Waals surface area contributed by atoms with E-state index in [9.17, 15) is 19.7 Å². The molecule has 0 radical (unpaired) electrons. The molecule has 0 aromatic heterocycles. The second-order valence-corrected chi connectivity index (χ2v) is 8.52. The van der Waals surface area contributed by atoms with Crippen molar-refractivity contribution in [3.8, 4) is 0 Å². The number of allylic oxidation sites excluding steroid dienone is 2. The molecule has 4 fully saturated rings. The average molecular weight is 377 g/mol. The number of carbonyl (C=O) groups is 2. The molecule has 2 N–H and O–H groups in total. The number of ketones is 1. The maximum atomic E-state index is 13.0. The van der Waals surface area contributed by atoms with Crippen LogP contribution >= 0.6 is 0 Å². The zero-order chi connectivity index (χ0) is 18.7. The Labute approximate surface area is 155 Å². The van der Waals surface area contributed by atoms with Gasteiger partial charge in [0.15, 0.2) is 6.10 Å². The molecule has 5 aliphatic rings. The number of Topliss-reactive ketones (excluding diaryl/α,β-unsaturated/α-hetero) is 1. The van der Waals surface area contributed by atoms with Gasteiger partial charge in [0.1, 0.15) is 17.9 Å². The topological polar surface area (TPSA) is 122 Å². The lowest BCUT2D eigenvalue weighted by molar-refractivity contribution is -1.06. The van der Waals surface area contributed by atoms with Gasteiger partial charge in [-0.1, -0.05) is 12.2 Å². The standard InChI is InChI=1S/C18H23N3O6/c22-13(3-4-19-20-24)14-8-1-2-9(5-8)15(14)18(23)26-16-10-6-11-12(7-10)21(25)27-17(11)16/h1-2,8-12,14-17,21H,3-7H2,(H,19,24). The highest BCUT2D eigenvalue weighted by atomic mass is 16.9. The fourth-order valence-electron chi connectivity index (χ4n) is 6.25. The lowest BCUT2D eigenvalue weighted by Crippen LogP contribution is -3.08. The number of ether oxygens (including phenoxy) is 1. The Morgan fingerprint density at radius 2 is 2.00 bits per heavy atom. The molecule has 0 aromatic carbocycles. The Kier molecular flexibility index (Phi) is 4.06. The van der Waals surface area contributed by atoms with Gasteiger partial charge in [0, 0.05) is 36.5 Å². The second-order valence-electron chi connectivity index (χ2n) is 8.52. The molecule has 1 saturated heterocycles. The summed E-state index contributed by atoms with van der Waals surface area (Å²) in [6, 6.07) is -0.0198. The van der Waals surface area contributed by atoms with E-state index in [0.29, 0.717) is 0 Å². The third-order valence-electron chi connectivity index (χ3n) is 7.32. The molecular weight excluding hydrogens is 354 g/mol. The number of carbonyl (C=O) groups excluding carboxylic acids is 2. The summed E-state index contributed by atoms with van der Waals surface area (Å²) in [6.07, 6.45) is 5.91. The van der Waals surface area contributed by atoms with Gasteiger partial charge in [0.25, 0.3) is 0 Å². The van der Waals surface area contributed by atoms with Crippen LogP contribution in [0.1, 0.15) is 25.7 Å². The minimum Gasteiger partial charge on any atom is -0.600 e. The minimum atomic E-state index is -0.483. The van der Waals surface area contributed by atoms with E-state index in [1.54, 1.807) is 0 Å². The number of hydrogen-bond acceptors (Lipinski definition) is 7. The Morgan fingerprint density at radius 3 is 2.78 bits per heavy atom. The number of nitrogens with zero attached hydrogens (tertiary/aromatic N) is 1. The zero-order valence-electron chi connectivity index (χ0n) is 14.8. The van der Waals surface area contributed by atoms with Crippen molar-refractivity contribution in [1.82, 2.24) is 5.43 Å². The number of nitroso groups, excluding NO2 is 1. The second kappa shape index (κ2) is 6.35. The average Bonchev–Trinajstić information content (AvgIpc) is 3.43. The largest absolute Gasteiger partial charge is 0.600 e. The molecule has 1 aliphatic heterocycles. The normalized spacial score (nSPS) is 48.2. The fraction of sp³-hybridized carbons (Fsp3) is 0.778. The van der Waals surface area contributed by atoms with E-state index in [2.05, 4.69) is 10.7 Å². The molecule has 9 nitrogen and oxygen atoms in total. The van der Waals surface area contributed by atoms with E-state index >= 15 is 0 Å². The van der Waals surface area contributed by atoms with Crippen LogP contribution in [0, 0.1) is 45.6 Å². The van der Waals surface area contributed by atoms with Gasteiger partial charge in [-0.3, -0.25) is 15.0 Å². The lowest BCUT2D eigenvalue weighted by atomic mass is 9.79. The van der Waals surface area contributed by atoms with Gasteiger partial charge in [-0.2, -0.15) is 4.84 Å². The van der Waals surface area contributed by atoms with Crippen molar-refractivity contribution in [2.24, 2.45) is 40.8 Å². The molecule has 27 heavy (non-hydrogen) atoms. The summed E-state index contributed by atoms with van der Waals surface area (Å²) in [5.41, 5.74) is 2.26. The summed E-state index contributed by atoms with van der Waals surface area (Å²) in [6.45, 7) is 0.174. The molecule has 9 heteroatoms. The molecule has 0 spiro atoms. The molecule has 10 unspecified atom stereocenters. The molecule has 10 atom stereocenters. The van der Waals surface area contributed by atoms with Crippen molar-refractivity contribution >= 4 is 11.8 Å². The van der Waals surface area contributed by atoms with E-state index < -0.39 is 11.8 Å². The molecule has 0 aromatic rings. The van der Waals surface area contributed by atoms with Crippen LogP contribution in [-0.2, 0) is 19.2 Å². The van der Waals surface area contributed by atoms with Gasteiger partial charge in [-0.15, -0.1) is 4.91 Å². The maximum absolute atomic E-state index is 13.0. The first kappa shape index (κ1) is 17.3. The molecule has 4 aliphatic carbocycles. The number of esters is 1. The molecule has 146 valence electrons. The first-order chi connectivity index (χ1) is 13.1. The monoisotopic (exact) mass is 377 g/mol. The van der Waals surface area contributed by atoms with Crippen LogP contribution in [0.5, 0.6) is 0 Å². The number of hydroxylamine groups is 2. The van der Waals surface area contributed by atoms with E-state index in [4.69, 9.17) is 9.57 Å². The number of nitrogens with one attached hydrogen (secondary N) is 2. The number of fused-ring (bicyclic) bond motifs is 3. The van der Waals surface area contributed by atoms with Crippen molar-refractivity contribution in [2.45, 2.75) is 43.9 Å². The zero-order valence-corrected chi connectivity index (χ0v) is 14.8. The summed E-state index contributed by atoms with van der Waals surface area (Å²) < 4.78 is 5.88. The Bertz CT molecular complexity index is 699. The number of hydrogen-bond donors (Lipinski definition) is 2. The summed E-state index contributed by atoms with van der Waals surface area (Å²) in [5.74, 6) is -0.828. The van der Waals surface area contributed by atoms with E-state index in [-0.39, 0.29) is 71.9 Å². The van der Waals surface area contributed by atoms with Crippen molar-refractivity contribution in [1.29, 1.82) is 0 Å². The van der Waals surface area contributed by atoms with Crippen molar-refractivity contribution in [3.05, 3.63) is 22.3 Å². The molecule has 0 amide bonds. The van der Waals surface area contributed by atoms with Crippen molar-refractivity contribution in [3.63, 3.8) is 0 Å². The Balaban J connectivity index is 1.28. The third-order valence-corrected chi connectivity index (χ3v) is 7.32. The quantitative estimate of drug-likeness (QED) is 0.156. The van der Waals surface area contributed by atoms with Gasteiger partial charge in [0.05, 0.1) is 11.8 Å². The first-order valence-electron chi connectivity index (χ1n) is 9.75. The first-order valence-corrected chi connectivity index (χ1v) is 9.75. The fourth-order valence-corrected chi connectivity index (χ4v) is 6.25. The third kappa shape index (κ3) is 2.55. The highest BCUT2D eigenvalue weighted by molar-refractivity contribution is 5.89. The summed E-state index contributed by atoms with van der Waals surface area (Å²) in [4.78, 5) is 41.3. The number of quaternary nitrogens is 1. The van der Waals surface area contributed by atoms with Gasteiger partial charge in [-0.05, 0) is 24.7 Å². The lowest BCUT2D eigenvalue weighted by Gasteiger charge is -2.29. The van der Waals surface area contributed by atoms with Gasteiger partial charge < -0.3 is 9.94 Å². The molecular formula is C18H23N3O6. The smallest absolute Gasteiger partial charge is 0.310 e. The van der Waals surface area contributed by atoms with Crippen LogP contribution in [0.3, 0.4) is 0 Å².